The van der Waals surface area contributed by atoms with Crippen molar-refractivity contribution >= 4 is 47.2 Å². The maximum absolute atomic E-state index is 12.1. The average Bonchev–Trinajstić information content (AvgIpc) is 2.76. The zero-order valence-corrected chi connectivity index (χ0v) is 13.2. The molecule has 2 heterocycles. The van der Waals surface area contributed by atoms with Crippen LogP contribution in [0, 0.1) is 5.92 Å². The normalized spacial score (nSPS) is 18.1. The molecule has 0 aliphatic carbocycles. The minimum atomic E-state index is 0. The molecule has 0 radical (unpaired) electrons. The molecule has 1 atom stereocenters. The maximum Gasteiger partial charge on any atom is 0.265 e. The van der Waals surface area contributed by atoms with Crippen molar-refractivity contribution in [2.24, 2.45) is 5.92 Å². The van der Waals surface area contributed by atoms with Crippen LogP contribution in [0.25, 0.3) is 0 Å². The molecule has 8 heteroatoms. The number of amides is 1. The first-order chi connectivity index (χ1) is 8.16. The highest BCUT2D eigenvalue weighted by Crippen LogP contribution is 2.18. The lowest BCUT2D eigenvalue weighted by Crippen LogP contribution is -2.38. The Morgan fingerprint density at radius 1 is 1.63 bits per heavy atom. The summed E-state index contributed by atoms with van der Waals surface area (Å²) in [6, 6.07) is 0. The molecular formula is C11H20Cl2N4OS. The molecule has 1 aromatic heterocycles. The smallest absolute Gasteiger partial charge is 0.265 e. The summed E-state index contributed by atoms with van der Waals surface area (Å²) in [6.07, 6.45) is 3.94. The van der Waals surface area contributed by atoms with E-state index in [2.05, 4.69) is 10.3 Å². The predicted octanol–water partition coefficient (Wildman–Crippen LogP) is 1.64. The lowest BCUT2D eigenvalue weighted by Gasteiger charge is -2.27. The van der Waals surface area contributed by atoms with Crippen molar-refractivity contribution in [1.29, 1.82) is 0 Å². The van der Waals surface area contributed by atoms with E-state index >= 15 is 0 Å². The second-order valence-corrected chi connectivity index (χ2v) is 5.52. The number of anilines is 1. The first-order valence-corrected chi connectivity index (χ1v) is 6.66. The molecule has 19 heavy (non-hydrogen) atoms. The monoisotopic (exact) mass is 326 g/mol. The van der Waals surface area contributed by atoms with E-state index in [0.717, 1.165) is 19.6 Å². The van der Waals surface area contributed by atoms with Gasteiger partial charge in [0.15, 0.2) is 5.13 Å². The van der Waals surface area contributed by atoms with Crippen molar-refractivity contribution in [3.05, 3.63) is 11.1 Å². The highest BCUT2D eigenvalue weighted by Gasteiger charge is 2.20. The van der Waals surface area contributed by atoms with Crippen LogP contribution in [0.2, 0.25) is 0 Å². The number of rotatable bonds is 3. The number of carbonyl (C=O) groups excluding carboxylic acids is 1. The summed E-state index contributed by atoms with van der Waals surface area (Å²) >= 11 is 1.25. The zero-order chi connectivity index (χ0) is 12.3. The Morgan fingerprint density at radius 3 is 2.89 bits per heavy atom. The number of carbonyl (C=O) groups is 1. The van der Waals surface area contributed by atoms with Crippen LogP contribution >= 0.6 is 36.2 Å². The molecule has 1 aromatic rings. The van der Waals surface area contributed by atoms with E-state index in [-0.39, 0.29) is 30.7 Å². The molecule has 1 aliphatic heterocycles. The molecule has 0 aromatic carbocycles. The van der Waals surface area contributed by atoms with E-state index in [1.807, 2.05) is 7.05 Å². The van der Waals surface area contributed by atoms with Crippen LogP contribution in [0.1, 0.15) is 22.5 Å². The average molecular weight is 327 g/mol. The fraction of sp³-hybridized carbons (Fsp3) is 0.636. The van der Waals surface area contributed by atoms with Crippen molar-refractivity contribution in [2.75, 3.05) is 32.4 Å². The van der Waals surface area contributed by atoms with E-state index in [9.17, 15) is 4.79 Å². The van der Waals surface area contributed by atoms with Crippen LogP contribution in [-0.4, -0.2) is 42.5 Å². The van der Waals surface area contributed by atoms with Gasteiger partial charge in [-0.05, 0) is 31.8 Å². The van der Waals surface area contributed by atoms with Gasteiger partial charge in [0.1, 0.15) is 4.88 Å². The molecule has 1 fully saturated rings. The van der Waals surface area contributed by atoms with Gasteiger partial charge in [-0.1, -0.05) is 11.3 Å². The van der Waals surface area contributed by atoms with Gasteiger partial charge < -0.3 is 16.0 Å². The fourth-order valence-electron chi connectivity index (χ4n) is 2.12. The summed E-state index contributed by atoms with van der Waals surface area (Å²) in [5, 5.41) is 3.80. The summed E-state index contributed by atoms with van der Waals surface area (Å²) < 4.78 is 0. The van der Waals surface area contributed by atoms with Gasteiger partial charge in [0.05, 0.1) is 6.20 Å². The molecule has 110 valence electrons. The van der Waals surface area contributed by atoms with E-state index in [1.165, 1.54) is 24.2 Å². The second-order valence-electron chi connectivity index (χ2n) is 4.46. The minimum Gasteiger partial charge on any atom is -0.375 e. The summed E-state index contributed by atoms with van der Waals surface area (Å²) in [6.45, 7) is 2.89. The predicted molar refractivity (Wildman–Crippen MR) is 83.6 cm³/mol. The van der Waals surface area contributed by atoms with E-state index in [1.54, 1.807) is 11.1 Å². The van der Waals surface area contributed by atoms with Crippen molar-refractivity contribution in [2.45, 2.75) is 12.8 Å². The summed E-state index contributed by atoms with van der Waals surface area (Å²) in [5.41, 5.74) is 5.53. The molecule has 1 amide bonds. The molecule has 1 saturated heterocycles. The van der Waals surface area contributed by atoms with E-state index in [0.29, 0.717) is 15.9 Å². The Kier molecular flexibility index (Phi) is 8.33. The standard InChI is InChI=1S/C11H18N4OS.2ClH/c1-15(7-8-3-2-4-13-5-8)10(16)9-6-14-11(12)17-9;;/h6,8,13H,2-5,7H2,1H3,(H2,12,14);2*1H. The number of halogens is 2. The Morgan fingerprint density at radius 2 is 2.37 bits per heavy atom. The molecule has 1 aliphatic rings. The fourth-order valence-corrected chi connectivity index (χ4v) is 2.80. The quantitative estimate of drug-likeness (QED) is 0.885. The highest BCUT2D eigenvalue weighted by atomic mass is 35.5. The Labute approximate surface area is 129 Å². The summed E-state index contributed by atoms with van der Waals surface area (Å²) in [4.78, 5) is 18.3. The third-order valence-electron chi connectivity index (χ3n) is 3.01. The zero-order valence-electron chi connectivity index (χ0n) is 10.8. The lowest BCUT2D eigenvalue weighted by atomic mass is 9.99. The number of nitrogens with zero attached hydrogens (tertiary/aromatic N) is 2. The van der Waals surface area contributed by atoms with Crippen LogP contribution in [0.4, 0.5) is 5.13 Å². The SMILES string of the molecule is CN(CC1CCCNC1)C(=O)c1cnc(N)s1.Cl.Cl. The molecular weight excluding hydrogens is 307 g/mol. The topological polar surface area (TPSA) is 71.2 Å². The van der Waals surface area contributed by atoms with E-state index < -0.39 is 0 Å². The number of hydrogen-bond acceptors (Lipinski definition) is 5. The highest BCUT2D eigenvalue weighted by molar-refractivity contribution is 7.17. The number of aromatic nitrogens is 1. The van der Waals surface area contributed by atoms with Gasteiger partial charge in [-0.2, -0.15) is 0 Å². The minimum absolute atomic E-state index is 0. The molecule has 0 bridgehead atoms. The van der Waals surface area contributed by atoms with Gasteiger partial charge in [-0.15, -0.1) is 24.8 Å². The molecule has 5 nitrogen and oxygen atoms in total. The molecule has 3 N–H and O–H groups in total. The largest absolute Gasteiger partial charge is 0.375 e. The number of hydrogen-bond donors (Lipinski definition) is 2. The van der Waals surface area contributed by atoms with Crippen LogP contribution in [0.3, 0.4) is 0 Å². The molecule has 1 unspecified atom stereocenters. The van der Waals surface area contributed by atoms with E-state index in [4.69, 9.17) is 5.73 Å². The van der Waals surface area contributed by atoms with Gasteiger partial charge in [0.25, 0.3) is 5.91 Å². The third-order valence-corrected chi connectivity index (χ3v) is 3.83. The second kappa shape index (κ2) is 8.58. The Balaban J connectivity index is 0.00000162. The molecule has 0 spiro atoms. The van der Waals surface area contributed by atoms with Gasteiger partial charge in [0, 0.05) is 13.6 Å². The first kappa shape index (κ1) is 18.4. The van der Waals surface area contributed by atoms with Gasteiger partial charge in [-0.25, -0.2) is 4.98 Å². The number of thiazole rings is 1. The first-order valence-electron chi connectivity index (χ1n) is 5.84. The van der Waals surface area contributed by atoms with Crippen molar-refractivity contribution in [3.8, 4) is 0 Å². The number of nitrogens with one attached hydrogen (secondary N) is 1. The number of nitrogens with two attached hydrogens (primary N) is 1. The van der Waals surface area contributed by atoms with Crippen LogP contribution < -0.4 is 11.1 Å². The number of nitrogen functional groups attached to an aromatic ring is 1. The summed E-state index contributed by atoms with van der Waals surface area (Å²) in [7, 11) is 1.84. The van der Waals surface area contributed by atoms with Gasteiger partial charge in [-0.3, -0.25) is 4.79 Å². The van der Waals surface area contributed by atoms with Crippen LogP contribution in [0.5, 0.6) is 0 Å². The lowest BCUT2D eigenvalue weighted by molar-refractivity contribution is 0.0769. The Bertz CT molecular complexity index is 396. The van der Waals surface area contributed by atoms with Gasteiger partial charge in [0.2, 0.25) is 0 Å². The van der Waals surface area contributed by atoms with Crippen LogP contribution in [-0.2, 0) is 0 Å². The summed E-state index contributed by atoms with van der Waals surface area (Å²) in [5.74, 6) is 0.577. The van der Waals surface area contributed by atoms with Crippen molar-refractivity contribution < 1.29 is 4.79 Å². The number of piperidine rings is 1. The Hall–Kier alpha value is -0.560. The molecule has 0 saturated carbocycles. The molecule has 2 rings (SSSR count). The van der Waals surface area contributed by atoms with Crippen LogP contribution in [0.15, 0.2) is 6.20 Å². The maximum atomic E-state index is 12.1. The van der Waals surface area contributed by atoms with Crippen molar-refractivity contribution in [1.82, 2.24) is 15.2 Å². The van der Waals surface area contributed by atoms with Gasteiger partial charge >= 0.3 is 0 Å². The van der Waals surface area contributed by atoms with Crippen molar-refractivity contribution in [3.63, 3.8) is 0 Å². The third kappa shape index (κ3) is 5.14.